The number of hydrogen-bond donors (Lipinski definition) is 1. The van der Waals surface area contributed by atoms with Crippen molar-refractivity contribution >= 4 is 22.3 Å². The summed E-state index contributed by atoms with van der Waals surface area (Å²) in [6.07, 6.45) is 0.492. The van der Waals surface area contributed by atoms with Gasteiger partial charge in [-0.3, -0.25) is 8.98 Å². The second kappa shape index (κ2) is 5.65. The average Bonchev–Trinajstić information content (AvgIpc) is 2.11. The topological polar surface area (TPSA) is 89.5 Å². The Morgan fingerprint density at radius 3 is 2.62 bits per heavy atom. The quantitative estimate of drug-likeness (QED) is 0.432. The molecule has 0 aliphatic carbocycles. The van der Waals surface area contributed by atoms with Gasteiger partial charge < -0.3 is 10.1 Å². The third-order valence-electron chi connectivity index (χ3n) is 1.11. The first-order chi connectivity index (χ1) is 6.02. The zero-order valence-electron chi connectivity index (χ0n) is 7.15. The summed E-state index contributed by atoms with van der Waals surface area (Å²) in [6, 6.07) is 0. The molecule has 13 heavy (non-hydrogen) atoms. The molecule has 0 spiro atoms. The third-order valence-corrected chi connectivity index (χ3v) is 2.29. The van der Waals surface area contributed by atoms with E-state index < -0.39 is 22.6 Å². The molecule has 0 aliphatic heterocycles. The molecule has 0 fully saturated rings. The first kappa shape index (κ1) is 12.0. The van der Waals surface area contributed by atoms with E-state index in [9.17, 15) is 18.0 Å². The third kappa shape index (κ3) is 6.23. The summed E-state index contributed by atoms with van der Waals surface area (Å²) in [5.41, 5.74) is 0. The molecule has 0 aromatic heterocycles. The van der Waals surface area contributed by atoms with Crippen LogP contribution in [0.5, 0.6) is 0 Å². The molecule has 1 amide bonds. The van der Waals surface area contributed by atoms with Gasteiger partial charge in [-0.05, 0) is 6.92 Å². The maximum atomic E-state index is 10.7. The van der Waals surface area contributed by atoms with Crippen LogP contribution < -0.4 is 5.32 Å². The zero-order chi connectivity index (χ0) is 10.3. The monoisotopic (exact) mass is 209 g/mol. The average molecular weight is 209 g/mol. The van der Waals surface area contributed by atoms with Gasteiger partial charge in [0.2, 0.25) is 5.91 Å². The molecule has 76 valence electrons. The minimum Gasteiger partial charge on any atom is -0.347 e. The first-order valence-electron chi connectivity index (χ1n) is 3.59. The number of amides is 1. The van der Waals surface area contributed by atoms with Crippen molar-refractivity contribution in [2.45, 2.75) is 6.92 Å². The SMILES string of the molecule is CCS(=O)(=O)OCC(=O)NCC=O. The smallest absolute Gasteiger partial charge is 0.267 e. The molecule has 0 unspecified atom stereocenters. The van der Waals surface area contributed by atoms with Gasteiger partial charge in [0.25, 0.3) is 10.1 Å². The summed E-state index contributed by atoms with van der Waals surface area (Å²) in [7, 11) is -3.59. The Bertz CT molecular complexity index is 271. The van der Waals surface area contributed by atoms with E-state index in [1.54, 1.807) is 0 Å². The Labute approximate surface area is 76.4 Å². The van der Waals surface area contributed by atoms with Crippen LogP contribution in [-0.4, -0.2) is 39.5 Å². The molecule has 0 saturated heterocycles. The van der Waals surface area contributed by atoms with Gasteiger partial charge in [-0.25, -0.2) is 0 Å². The van der Waals surface area contributed by atoms with Gasteiger partial charge in [0, 0.05) is 0 Å². The van der Waals surface area contributed by atoms with Gasteiger partial charge in [-0.2, -0.15) is 8.42 Å². The summed E-state index contributed by atoms with van der Waals surface area (Å²) >= 11 is 0. The molecule has 0 aromatic carbocycles. The molecule has 0 radical (unpaired) electrons. The van der Waals surface area contributed by atoms with Crippen molar-refractivity contribution in [3.05, 3.63) is 0 Å². The van der Waals surface area contributed by atoms with Crippen molar-refractivity contribution < 1.29 is 22.2 Å². The van der Waals surface area contributed by atoms with Crippen LogP contribution in [0.4, 0.5) is 0 Å². The second-order valence-corrected chi connectivity index (χ2v) is 4.01. The lowest BCUT2D eigenvalue weighted by Gasteiger charge is -2.02. The standard InChI is InChI=1S/C6H11NO5S/c1-2-13(10,11)12-5-6(9)7-3-4-8/h4H,2-3,5H2,1H3,(H,7,9). The van der Waals surface area contributed by atoms with Gasteiger partial charge in [0.1, 0.15) is 12.9 Å². The van der Waals surface area contributed by atoms with Crippen LogP contribution >= 0.6 is 0 Å². The largest absolute Gasteiger partial charge is 0.347 e. The fraction of sp³-hybridized carbons (Fsp3) is 0.667. The molecule has 0 atom stereocenters. The number of carbonyl (C=O) groups is 2. The number of rotatable bonds is 6. The highest BCUT2D eigenvalue weighted by Gasteiger charge is 2.10. The number of hydrogen-bond acceptors (Lipinski definition) is 5. The predicted molar refractivity (Wildman–Crippen MR) is 44.5 cm³/mol. The maximum absolute atomic E-state index is 10.7. The summed E-state index contributed by atoms with van der Waals surface area (Å²) in [4.78, 5) is 20.5. The number of nitrogens with one attached hydrogen (secondary N) is 1. The first-order valence-corrected chi connectivity index (χ1v) is 5.17. The highest BCUT2D eigenvalue weighted by atomic mass is 32.2. The van der Waals surface area contributed by atoms with Crippen molar-refractivity contribution in [3.8, 4) is 0 Å². The molecular weight excluding hydrogens is 198 g/mol. The van der Waals surface area contributed by atoms with Crippen LogP contribution in [0.3, 0.4) is 0 Å². The lowest BCUT2D eigenvalue weighted by molar-refractivity contribution is -0.124. The Morgan fingerprint density at radius 2 is 2.15 bits per heavy atom. The van der Waals surface area contributed by atoms with Gasteiger partial charge in [0.05, 0.1) is 12.3 Å². The minimum absolute atomic E-state index is 0.144. The molecule has 0 bridgehead atoms. The van der Waals surface area contributed by atoms with Crippen molar-refractivity contribution in [3.63, 3.8) is 0 Å². The predicted octanol–water partition coefficient (Wildman–Crippen LogP) is -1.33. The van der Waals surface area contributed by atoms with Crippen LogP contribution in [0.15, 0.2) is 0 Å². The normalized spacial score (nSPS) is 10.8. The van der Waals surface area contributed by atoms with Crippen molar-refractivity contribution in [2.75, 3.05) is 18.9 Å². The molecule has 1 N–H and O–H groups in total. The fourth-order valence-corrected chi connectivity index (χ4v) is 0.886. The van der Waals surface area contributed by atoms with Crippen LogP contribution in [0.25, 0.3) is 0 Å². The van der Waals surface area contributed by atoms with E-state index in [0.29, 0.717) is 6.29 Å². The highest BCUT2D eigenvalue weighted by Crippen LogP contribution is 1.90. The van der Waals surface area contributed by atoms with E-state index in [4.69, 9.17) is 0 Å². The van der Waals surface area contributed by atoms with E-state index in [0.717, 1.165) is 0 Å². The van der Waals surface area contributed by atoms with E-state index in [1.807, 2.05) is 0 Å². The van der Waals surface area contributed by atoms with Gasteiger partial charge >= 0.3 is 0 Å². The summed E-state index contributed by atoms with van der Waals surface area (Å²) in [5, 5.41) is 2.13. The zero-order valence-corrected chi connectivity index (χ0v) is 7.96. The van der Waals surface area contributed by atoms with Gasteiger partial charge in [-0.15, -0.1) is 0 Å². The molecule has 6 nitrogen and oxygen atoms in total. The van der Waals surface area contributed by atoms with Crippen molar-refractivity contribution in [1.29, 1.82) is 0 Å². The van der Waals surface area contributed by atoms with Crippen LogP contribution in [0.2, 0.25) is 0 Å². The number of aldehydes is 1. The van der Waals surface area contributed by atoms with E-state index in [-0.39, 0.29) is 12.3 Å². The molecule has 7 heteroatoms. The Morgan fingerprint density at radius 1 is 1.54 bits per heavy atom. The summed E-state index contributed by atoms with van der Waals surface area (Å²) < 4.78 is 25.7. The Hall–Kier alpha value is -0.950. The molecule has 0 saturated carbocycles. The minimum atomic E-state index is -3.59. The van der Waals surface area contributed by atoms with E-state index in [2.05, 4.69) is 9.50 Å². The molecule has 0 aromatic rings. The van der Waals surface area contributed by atoms with Crippen LogP contribution in [-0.2, 0) is 23.9 Å². The molecule has 0 heterocycles. The lowest BCUT2D eigenvalue weighted by atomic mass is 10.6. The van der Waals surface area contributed by atoms with E-state index >= 15 is 0 Å². The Balaban J connectivity index is 3.76. The fourth-order valence-electron chi connectivity index (χ4n) is 0.433. The molecular formula is C6H11NO5S. The second-order valence-electron chi connectivity index (χ2n) is 2.08. The van der Waals surface area contributed by atoms with E-state index in [1.165, 1.54) is 6.92 Å². The van der Waals surface area contributed by atoms with Gasteiger partial charge in [-0.1, -0.05) is 0 Å². The Kier molecular flexibility index (Phi) is 5.24. The number of carbonyl (C=O) groups excluding carboxylic acids is 2. The molecule has 0 aliphatic rings. The van der Waals surface area contributed by atoms with Crippen LogP contribution in [0, 0.1) is 0 Å². The highest BCUT2D eigenvalue weighted by molar-refractivity contribution is 7.86. The lowest BCUT2D eigenvalue weighted by Crippen LogP contribution is -2.30. The summed E-state index contributed by atoms with van der Waals surface area (Å²) in [5.74, 6) is -0.822. The summed E-state index contributed by atoms with van der Waals surface area (Å²) in [6.45, 7) is 0.678. The van der Waals surface area contributed by atoms with Crippen molar-refractivity contribution in [1.82, 2.24) is 5.32 Å². The van der Waals surface area contributed by atoms with Gasteiger partial charge in [0.15, 0.2) is 0 Å². The van der Waals surface area contributed by atoms with Crippen molar-refractivity contribution in [2.24, 2.45) is 0 Å². The molecule has 0 rings (SSSR count). The maximum Gasteiger partial charge on any atom is 0.267 e. The van der Waals surface area contributed by atoms with Crippen LogP contribution in [0.1, 0.15) is 6.92 Å².